The number of nitrogens with zero attached hydrogens (tertiary/aromatic N) is 2. The largest absolute Gasteiger partial charge is 0.497 e. The maximum absolute atomic E-state index is 5.24. The second kappa shape index (κ2) is 4.46. The molecule has 0 spiro atoms. The molecule has 1 aromatic carbocycles. The highest BCUT2D eigenvalue weighted by atomic mass is 79.9. The van der Waals surface area contributed by atoms with Crippen molar-refractivity contribution in [3.63, 3.8) is 0 Å². The molecular weight excluding hydrogens is 292 g/mol. The lowest BCUT2D eigenvalue weighted by Gasteiger charge is -2.04. The van der Waals surface area contributed by atoms with E-state index in [0.717, 1.165) is 27.1 Å². The first-order valence-corrected chi connectivity index (χ1v) is 6.34. The molecule has 0 radical (unpaired) electrons. The van der Waals surface area contributed by atoms with Crippen LogP contribution in [0.25, 0.3) is 16.9 Å². The third kappa shape index (κ3) is 1.88. The maximum atomic E-state index is 5.24. The van der Waals surface area contributed by atoms with E-state index < -0.39 is 0 Å². The van der Waals surface area contributed by atoms with Gasteiger partial charge >= 0.3 is 0 Å². The predicted octanol–water partition coefficient (Wildman–Crippen LogP) is 3.77. The molecule has 0 atom stereocenters. The van der Waals surface area contributed by atoms with Crippen LogP contribution >= 0.6 is 15.9 Å². The molecule has 3 aromatic rings. The summed E-state index contributed by atoms with van der Waals surface area (Å²) < 4.78 is 8.34. The normalized spacial score (nSPS) is 10.8. The molecule has 0 N–H and O–H groups in total. The molecule has 0 aliphatic carbocycles. The van der Waals surface area contributed by atoms with Crippen molar-refractivity contribution in [2.24, 2.45) is 0 Å². The molecular formula is C14H11BrN2O. The van der Waals surface area contributed by atoms with Gasteiger partial charge in [0.15, 0.2) is 0 Å². The number of halogens is 1. The zero-order valence-corrected chi connectivity index (χ0v) is 11.4. The smallest absolute Gasteiger partial charge is 0.144 e. The van der Waals surface area contributed by atoms with Crippen LogP contribution in [-0.2, 0) is 0 Å². The standard InChI is InChI=1S/C14H11BrN2O/c1-18-13-4-2-3-10(7-13)14-16-9-12-8-11(15)5-6-17(12)14/h2-9H,1H3. The molecule has 0 amide bonds. The van der Waals surface area contributed by atoms with Gasteiger partial charge in [0.2, 0.25) is 0 Å². The summed E-state index contributed by atoms with van der Waals surface area (Å²) in [6.45, 7) is 0. The fourth-order valence-electron chi connectivity index (χ4n) is 1.95. The van der Waals surface area contributed by atoms with E-state index in [1.165, 1.54) is 0 Å². The van der Waals surface area contributed by atoms with E-state index in [1.54, 1.807) is 7.11 Å². The quantitative estimate of drug-likeness (QED) is 0.720. The molecule has 2 aromatic heterocycles. The third-order valence-electron chi connectivity index (χ3n) is 2.82. The number of benzene rings is 1. The first kappa shape index (κ1) is 11.3. The van der Waals surface area contributed by atoms with Crippen molar-refractivity contribution in [1.82, 2.24) is 9.38 Å². The van der Waals surface area contributed by atoms with Crippen LogP contribution in [0, 0.1) is 0 Å². The van der Waals surface area contributed by atoms with Crippen LogP contribution in [0.4, 0.5) is 0 Å². The van der Waals surface area contributed by atoms with E-state index in [2.05, 4.69) is 25.3 Å². The van der Waals surface area contributed by atoms with Gasteiger partial charge in [-0.3, -0.25) is 4.40 Å². The highest BCUT2D eigenvalue weighted by molar-refractivity contribution is 9.10. The van der Waals surface area contributed by atoms with Gasteiger partial charge in [0.25, 0.3) is 0 Å². The van der Waals surface area contributed by atoms with Crippen molar-refractivity contribution in [3.8, 4) is 17.1 Å². The number of fused-ring (bicyclic) bond motifs is 1. The summed E-state index contributed by atoms with van der Waals surface area (Å²) >= 11 is 3.46. The van der Waals surface area contributed by atoms with Crippen LogP contribution in [-0.4, -0.2) is 16.5 Å². The molecule has 0 saturated carbocycles. The molecule has 18 heavy (non-hydrogen) atoms. The molecule has 90 valence electrons. The van der Waals surface area contributed by atoms with Crippen molar-refractivity contribution in [1.29, 1.82) is 0 Å². The van der Waals surface area contributed by atoms with Gasteiger partial charge < -0.3 is 4.74 Å². The SMILES string of the molecule is COc1cccc(-c2ncc3cc(Br)ccn23)c1. The van der Waals surface area contributed by atoms with Crippen molar-refractivity contribution < 1.29 is 4.74 Å². The van der Waals surface area contributed by atoms with Crippen molar-refractivity contribution >= 4 is 21.4 Å². The summed E-state index contributed by atoms with van der Waals surface area (Å²) in [4.78, 5) is 4.47. The zero-order valence-electron chi connectivity index (χ0n) is 9.80. The molecule has 0 bridgehead atoms. The van der Waals surface area contributed by atoms with Gasteiger partial charge in [0.05, 0.1) is 18.8 Å². The fraction of sp³-hybridized carbons (Fsp3) is 0.0714. The summed E-state index contributed by atoms with van der Waals surface area (Å²) in [6, 6.07) is 11.9. The van der Waals surface area contributed by atoms with E-state index in [1.807, 2.05) is 48.8 Å². The first-order chi connectivity index (χ1) is 8.78. The van der Waals surface area contributed by atoms with Crippen LogP contribution in [0.1, 0.15) is 0 Å². The minimum atomic E-state index is 0.835. The van der Waals surface area contributed by atoms with Crippen LogP contribution in [0.15, 0.2) is 53.3 Å². The summed E-state index contributed by atoms with van der Waals surface area (Å²) in [7, 11) is 1.67. The lowest BCUT2D eigenvalue weighted by Crippen LogP contribution is -1.90. The molecule has 0 saturated heterocycles. The summed E-state index contributed by atoms with van der Waals surface area (Å²) in [5.41, 5.74) is 2.10. The van der Waals surface area contributed by atoms with E-state index >= 15 is 0 Å². The van der Waals surface area contributed by atoms with Gasteiger partial charge in [-0.05, 0) is 24.3 Å². The lowest BCUT2D eigenvalue weighted by atomic mass is 10.2. The first-order valence-electron chi connectivity index (χ1n) is 5.55. The van der Waals surface area contributed by atoms with Crippen molar-refractivity contribution in [3.05, 3.63) is 53.3 Å². The van der Waals surface area contributed by atoms with E-state index in [4.69, 9.17) is 4.74 Å². The Labute approximate surface area is 113 Å². The third-order valence-corrected chi connectivity index (χ3v) is 3.32. The van der Waals surface area contributed by atoms with Crippen molar-refractivity contribution in [2.75, 3.05) is 7.11 Å². The van der Waals surface area contributed by atoms with Crippen molar-refractivity contribution in [2.45, 2.75) is 0 Å². The van der Waals surface area contributed by atoms with Gasteiger partial charge in [-0.2, -0.15) is 0 Å². The molecule has 0 unspecified atom stereocenters. The average Bonchev–Trinajstić information content (AvgIpc) is 2.81. The number of aromatic nitrogens is 2. The lowest BCUT2D eigenvalue weighted by molar-refractivity contribution is 0.415. The second-order valence-electron chi connectivity index (χ2n) is 3.95. The van der Waals surface area contributed by atoms with Gasteiger partial charge in [-0.25, -0.2) is 4.98 Å². The number of hydrogen-bond acceptors (Lipinski definition) is 2. The Kier molecular flexibility index (Phi) is 2.80. The zero-order chi connectivity index (χ0) is 12.5. The number of methoxy groups -OCH3 is 1. The van der Waals surface area contributed by atoms with Gasteiger partial charge in [0.1, 0.15) is 11.6 Å². The number of ether oxygens (including phenoxy) is 1. The topological polar surface area (TPSA) is 26.5 Å². The minimum absolute atomic E-state index is 0.835. The molecule has 3 rings (SSSR count). The average molecular weight is 303 g/mol. The number of rotatable bonds is 2. The summed E-state index contributed by atoms with van der Waals surface area (Å²) in [5.74, 6) is 1.75. The van der Waals surface area contributed by atoms with Crippen LogP contribution < -0.4 is 4.74 Å². The Morgan fingerprint density at radius 3 is 2.94 bits per heavy atom. The predicted molar refractivity (Wildman–Crippen MR) is 74.9 cm³/mol. The number of imidazole rings is 1. The monoisotopic (exact) mass is 302 g/mol. The van der Waals surface area contributed by atoms with Crippen LogP contribution in [0.3, 0.4) is 0 Å². The van der Waals surface area contributed by atoms with Gasteiger partial charge in [-0.15, -0.1) is 0 Å². The molecule has 4 heteroatoms. The Morgan fingerprint density at radius 1 is 1.22 bits per heavy atom. The van der Waals surface area contributed by atoms with Crippen LogP contribution in [0.5, 0.6) is 5.75 Å². The molecule has 0 aliphatic rings. The van der Waals surface area contributed by atoms with E-state index in [-0.39, 0.29) is 0 Å². The fourth-order valence-corrected chi connectivity index (χ4v) is 2.30. The molecule has 0 aliphatic heterocycles. The highest BCUT2D eigenvalue weighted by Crippen LogP contribution is 2.24. The second-order valence-corrected chi connectivity index (χ2v) is 4.87. The molecule has 0 fully saturated rings. The molecule has 2 heterocycles. The highest BCUT2D eigenvalue weighted by Gasteiger charge is 2.07. The summed E-state index contributed by atoms with van der Waals surface area (Å²) in [5, 5.41) is 0. The van der Waals surface area contributed by atoms with Gasteiger partial charge in [0, 0.05) is 16.2 Å². The Bertz CT molecular complexity index is 706. The Hall–Kier alpha value is -1.81. The van der Waals surface area contributed by atoms with E-state index in [0.29, 0.717) is 0 Å². The number of hydrogen-bond donors (Lipinski definition) is 0. The van der Waals surface area contributed by atoms with E-state index in [9.17, 15) is 0 Å². The Balaban J connectivity index is 2.19. The minimum Gasteiger partial charge on any atom is -0.497 e. The summed E-state index contributed by atoms with van der Waals surface area (Å²) in [6.07, 6.45) is 3.86. The Morgan fingerprint density at radius 2 is 2.11 bits per heavy atom. The molecule has 3 nitrogen and oxygen atoms in total. The number of pyridine rings is 1. The van der Waals surface area contributed by atoms with Crippen LogP contribution in [0.2, 0.25) is 0 Å². The maximum Gasteiger partial charge on any atom is 0.144 e. The van der Waals surface area contributed by atoms with Gasteiger partial charge in [-0.1, -0.05) is 28.1 Å².